The first kappa shape index (κ1) is 39.4. The molecule has 2 radical (unpaired) electrons. The van der Waals surface area contributed by atoms with Crippen LogP contribution in [0.3, 0.4) is 0 Å². The standard InChI is InChI=1S/C30H28N4O8S2.2Na/c1-3-41-25-13-9-23(10-14-25)31-33-27-17-7-21(19-29(27)43(35,36)37)5-6-22-8-18-28(30(20-22)44(38,39)40)34-32-24-11-15-26(16-12-24)42-4-2;;/h5-20H,3-4H2,1-2H3,(H,35,36,37)(H,38,39,40);;/b6-5-,33-31?,34-32?;;. The van der Waals surface area contributed by atoms with Crippen LogP contribution in [0.2, 0.25) is 0 Å². The van der Waals surface area contributed by atoms with Gasteiger partial charge >= 0.3 is 0 Å². The SMILES string of the molecule is CCOc1ccc(N=Nc2ccc(/C=C\c3ccc(N=Nc4ccc(OCC)cc4)c(S(=O)(=O)O)c3)cc2S(=O)(=O)O)cc1.[Na].[Na]. The quantitative estimate of drug-likeness (QED) is 0.0681. The van der Waals surface area contributed by atoms with E-state index in [1.54, 1.807) is 60.7 Å². The molecule has 0 aliphatic heterocycles. The smallest absolute Gasteiger partial charge is 0.296 e. The van der Waals surface area contributed by atoms with Crippen LogP contribution in [0.5, 0.6) is 11.5 Å². The Balaban J connectivity index is 0.00000368. The van der Waals surface area contributed by atoms with Crippen molar-refractivity contribution in [3.8, 4) is 11.5 Å². The molecule has 4 aromatic carbocycles. The van der Waals surface area contributed by atoms with Crippen molar-refractivity contribution in [3.05, 3.63) is 96.1 Å². The van der Waals surface area contributed by atoms with E-state index in [1.807, 2.05) is 13.8 Å². The molecule has 46 heavy (non-hydrogen) atoms. The summed E-state index contributed by atoms with van der Waals surface area (Å²) >= 11 is 0. The van der Waals surface area contributed by atoms with Crippen LogP contribution in [-0.2, 0) is 20.2 Å². The Morgan fingerprint density at radius 2 is 0.913 bits per heavy atom. The number of nitrogens with zero attached hydrogens (tertiary/aromatic N) is 4. The Labute approximate surface area is 311 Å². The number of hydrogen-bond acceptors (Lipinski definition) is 10. The number of hydrogen-bond donors (Lipinski definition) is 2. The molecule has 0 fully saturated rings. The van der Waals surface area contributed by atoms with Crippen molar-refractivity contribution < 1.29 is 35.4 Å². The summed E-state index contributed by atoms with van der Waals surface area (Å²) in [6, 6.07) is 21.6. The third kappa shape index (κ3) is 11.5. The summed E-state index contributed by atoms with van der Waals surface area (Å²) < 4.78 is 78.8. The molecule has 0 atom stereocenters. The van der Waals surface area contributed by atoms with Crippen molar-refractivity contribution in [1.29, 1.82) is 0 Å². The van der Waals surface area contributed by atoms with Crippen molar-refractivity contribution in [2.45, 2.75) is 23.6 Å². The van der Waals surface area contributed by atoms with E-state index in [0.29, 0.717) is 47.2 Å². The van der Waals surface area contributed by atoms with Crippen molar-refractivity contribution in [1.82, 2.24) is 0 Å². The fraction of sp³-hybridized carbons (Fsp3) is 0.133. The van der Waals surface area contributed by atoms with Gasteiger partial charge in [-0.1, -0.05) is 24.3 Å². The zero-order valence-electron chi connectivity index (χ0n) is 25.6. The molecule has 0 spiro atoms. The van der Waals surface area contributed by atoms with Crippen LogP contribution in [-0.4, -0.2) is 98.3 Å². The second-order valence-electron chi connectivity index (χ2n) is 8.99. The molecule has 2 N–H and O–H groups in total. The number of azo groups is 2. The Morgan fingerprint density at radius 3 is 1.22 bits per heavy atom. The van der Waals surface area contributed by atoms with Gasteiger partial charge in [-0.25, -0.2) is 0 Å². The summed E-state index contributed by atoms with van der Waals surface area (Å²) in [6.07, 6.45) is 2.98. The summed E-state index contributed by atoms with van der Waals surface area (Å²) in [5, 5.41) is 16.0. The molecule has 16 heteroatoms. The van der Waals surface area contributed by atoms with E-state index >= 15 is 0 Å². The molecule has 0 aromatic heterocycles. The van der Waals surface area contributed by atoms with Gasteiger partial charge in [0.05, 0.1) is 24.6 Å². The van der Waals surface area contributed by atoms with E-state index in [9.17, 15) is 25.9 Å². The van der Waals surface area contributed by atoms with Gasteiger partial charge in [-0.3, -0.25) is 9.11 Å². The van der Waals surface area contributed by atoms with E-state index in [-0.39, 0.29) is 70.5 Å². The number of rotatable bonds is 12. The first-order chi connectivity index (χ1) is 21.0. The van der Waals surface area contributed by atoms with Crippen LogP contribution in [0, 0.1) is 0 Å². The van der Waals surface area contributed by atoms with Crippen molar-refractivity contribution in [3.63, 3.8) is 0 Å². The average molecular weight is 683 g/mol. The zero-order valence-corrected chi connectivity index (χ0v) is 31.2. The van der Waals surface area contributed by atoms with Crippen LogP contribution < -0.4 is 9.47 Å². The van der Waals surface area contributed by atoms with E-state index in [4.69, 9.17) is 9.47 Å². The fourth-order valence-corrected chi connectivity index (χ4v) is 5.13. The molecule has 0 aliphatic rings. The predicted octanol–water partition coefficient (Wildman–Crippen LogP) is 7.22. The Morgan fingerprint density at radius 1 is 0.565 bits per heavy atom. The molecule has 0 saturated carbocycles. The number of ether oxygens (including phenoxy) is 2. The normalized spacial score (nSPS) is 11.8. The van der Waals surface area contributed by atoms with E-state index < -0.39 is 30.0 Å². The largest absolute Gasteiger partial charge is 0.494 e. The second kappa shape index (κ2) is 18.0. The Bertz CT molecular complexity index is 1790. The number of benzene rings is 4. The third-order valence-electron chi connectivity index (χ3n) is 5.83. The first-order valence-corrected chi connectivity index (χ1v) is 16.0. The molecular weight excluding hydrogens is 654 g/mol. The van der Waals surface area contributed by atoms with Gasteiger partial charge in [0.15, 0.2) is 0 Å². The molecule has 0 unspecified atom stereocenters. The maximum absolute atomic E-state index is 12.1. The molecule has 12 nitrogen and oxygen atoms in total. The molecular formula is C30H28N4Na2O8S2. The monoisotopic (exact) mass is 682 g/mol. The average Bonchev–Trinajstić information content (AvgIpc) is 2.99. The second-order valence-corrected chi connectivity index (χ2v) is 11.8. The van der Waals surface area contributed by atoms with Crippen molar-refractivity contribution in [2.75, 3.05) is 13.2 Å². The Kier molecular flexibility index (Phi) is 15.4. The summed E-state index contributed by atoms with van der Waals surface area (Å²) in [6.45, 7) is 4.72. The topological polar surface area (TPSA) is 177 Å². The van der Waals surface area contributed by atoms with Crippen molar-refractivity contribution in [2.24, 2.45) is 20.5 Å². The fourth-order valence-electron chi connectivity index (χ4n) is 3.81. The molecule has 0 saturated heterocycles. The van der Waals surface area contributed by atoms with Gasteiger partial charge in [-0.2, -0.15) is 27.1 Å². The molecule has 230 valence electrons. The Hall–Kier alpha value is -2.76. The molecule has 0 bridgehead atoms. The van der Waals surface area contributed by atoms with E-state index in [0.717, 1.165) is 0 Å². The van der Waals surface area contributed by atoms with Crippen LogP contribution >= 0.6 is 0 Å². The summed E-state index contributed by atoms with van der Waals surface area (Å²) in [7, 11) is -9.35. The van der Waals surface area contributed by atoms with Crippen LogP contribution in [0.1, 0.15) is 25.0 Å². The van der Waals surface area contributed by atoms with Crippen LogP contribution in [0.15, 0.2) is 115 Å². The molecule has 4 aromatic rings. The van der Waals surface area contributed by atoms with Crippen molar-refractivity contribution >= 4 is 114 Å². The minimum absolute atomic E-state index is 0. The maximum Gasteiger partial charge on any atom is 0.296 e. The molecule has 0 amide bonds. The van der Waals surface area contributed by atoms with Gasteiger partial charge in [0.2, 0.25) is 0 Å². The van der Waals surface area contributed by atoms with Gasteiger partial charge in [-0.15, -0.1) is 10.2 Å². The predicted molar refractivity (Wildman–Crippen MR) is 177 cm³/mol. The molecule has 0 heterocycles. The van der Waals surface area contributed by atoms with Gasteiger partial charge in [0, 0.05) is 59.1 Å². The third-order valence-corrected chi connectivity index (χ3v) is 7.60. The van der Waals surface area contributed by atoms with Gasteiger partial charge in [-0.05, 0) is 97.8 Å². The van der Waals surface area contributed by atoms with Gasteiger partial charge in [0.25, 0.3) is 20.2 Å². The summed E-state index contributed by atoms with van der Waals surface area (Å²) in [5.41, 5.74) is 1.41. The zero-order chi connectivity index (χ0) is 31.7. The molecule has 4 rings (SSSR count). The van der Waals surface area contributed by atoms with Gasteiger partial charge in [0.1, 0.15) is 32.7 Å². The van der Waals surface area contributed by atoms with E-state index in [2.05, 4.69) is 20.5 Å². The van der Waals surface area contributed by atoms with Crippen LogP contribution in [0.25, 0.3) is 12.2 Å². The summed E-state index contributed by atoms with van der Waals surface area (Å²) in [5.74, 6) is 1.29. The first-order valence-electron chi connectivity index (χ1n) is 13.2. The molecule has 0 aliphatic carbocycles. The summed E-state index contributed by atoms with van der Waals surface area (Å²) in [4.78, 5) is -0.948. The minimum Gasteiger partial charge on any atom is -0.494 e. The van der Waals surface area contributed by atoms with Crippen LogP contribution in [0.4, 0.5) is 22.7 Å². The van der Waals surface area contributed by atoms with E-state index in [1.165, 1.54) is 36.4 Å². The minimum atomic E-state index is -4.67. The van der Waals surface area contributed by atoms with Gasteiger partial charge < -0.3 is 9.47 Å². The maximum atomic E-state index is 12.1.